The Hall–Kier alpha value is 0.0695. The van der Waals surface area contributed by atoms with Crippen LogP contribution < -0.4 is 21.3 Å². The van der Waals surface area contributed by atoms with E-state index < -0.39 is 10.4 Å². The van der Waals surface area contributed by atoms with Crippen LogP contribution in [0.4, 0.5) is 0 Å². The van der Waals surface area contributed by atoms with Crippen LogP contribution in [0.1, 0.15) is 0 Å². The molecule has 0 aliphatic carbocycles. The van der Waals surface area contributed by atoms with Gasteiger partial charge in [-0.1, -0.05) is 0 Å². The molecule has 0 aliphatic heterocycles. The van der Waals surface area contributed by atoms with Crippen LogP contribution in [0.3, 0.4) is 0 Å². The minimum Gasteiger partial charge on any atom is -0.759 e. The fourth-order valence-corrected chi connectivity index (χ4v) is 1.19. The first kappa shape index (κ1) is 33.6. The Morgan fingerprint density at radius 1 is 0.654 bits per heavy atom. The molecule has 0 bridgehead atoms. The number of rotatable bonds is 14. The molecular formula is C12H34CuN4O8S+2. The third-order valence-corrected chi connectivity index (χ3v) is 2.14. The predicted molar refractivity (Wildman–Crippen MR) is 93.1 cm³/mol. The molecule has 0 atom stereocenters. The second kappa shape index (κ2) is 29.8. The Labute approximate surface area is 165 Å². The Morgan fingerprint density at radius 3 is 1.08 bits per heavy atom. The first-order valence-corrected chi connectivity index (χ1v) is 9.17. The van der Waals surface area contributed by atoms with Gasteiger partial charge in [-0.25, -0.2) is 0 Å². The molecule has 12 nitrogen and oxygen atoms in total. The van der Waals surface area contributed by atoms with Gasteiger partial charge in [0, 0.05) is 49.7 Å². The molecule has 26 heavy (non-hydrogen) atoms. The Balaban J connectivity index is -0.000000145. The molecule has 14 heteroatoms. The molecule has 0 saturated heterocycles. The minimum absolute atomic E-state index is 0. The normalized spacial score (nSPS) is 10.1. The zero-order valence-electron chi connectivity index (χ0n) is 14.7. The minimum atomic E-state index is -5.17. The van der Waals surface area contributed by atoms with Crippen LogP contribution in [0.2, 0.25) is 0 Å². The topological polar surface area (TPSA) is 215 Å². The van der Waals surface area contributed by atoms with Gasteiger partial charge in [-0.05, 0) is 0 Å². The predicted octanol–water partition coefficient (Wildman–Crippen LogP) is -5.58. The molecule has 0 amide bonds. The summed E-state index contributed by atoms with van der Waals surface area (Å²) in [5.41, 5.74) is 0. The molecule has 0 aromatic heterocycles. The quantitative estimate of drug-likeness (QED) is 0.0477. The molecule has 1 radical (unpaired) electrons. The van der Waals surface area contributed by atoms with Gasteiger partial charge in [-0.3, -0.25) is 8.42 Å². The third-order valence-electron chi connectivity index (χ3n) is 2.14. The van der Waals surface area contributed by atoms with Gasteiger partial charge in [-0.2, -0.15) is 0 Å². The standard InChI is InChI=1S/2C6H16N2O2.Cu.H2O4S/c2*9-5-3-7-1-2-8-4-6-10;;1-5(2,3)4/h2*7-10H,1-6H2;;(H2,1,2,3,4)/q;;+2;. The third kappa shape index (κ3) is 64.7. The van der Waals surface area contributed by atoms with E-state index >= 15 is 0 Å². The molecule has 0 heterocycles. The summed E-state index contributed by atoms with van der Waals surface area (Å²) in [7, 11) is -5.17. The number of hydrogen-bond donors (Lipinski definition) is 6. The van der Waals surface area contributed by atoms with Gasteiger partial charge in [0.15, 0.2) is 13.2 Å². The van der Waals surface area contributed by atoms with Crippen LogP contribution in [0.15, 0.2) is 0 Å². The number of aliphatic hydroxyl groups excluding tert-OH is 2. The molecule has 0 spiro atoms. The maximum atomic E-state index is 8.52. The van der Waals surface area contributed by atoms with Crippen molar-refractivity contribution in [2.75, 3.05) is 78.8 Å². The SMILES string of the molecule is O=S(=O)([O-])[O-].OCCNCCNCC[OH2+].OCCNCCNCC[OH2+].[Cu+2]. The van der Waals surface area contributed by atoms with E-state index in [0.29, 0.717) is 26.3 Å². The van der Waals surface area contributed by atoms with Crippen LogP contribution in [0.5, 0.6) is 0 Å². The summed E-state index contributed by atoms with van der Waals surface area (Å²) in [6, 6.07) is 0. The second-order valence-electron chi connectivity index (χ2n) is 4.36. The molecule has 10 N–H and O–H groups in total. The average Bonchev–Trinajstić information content (AvgIpc) is 2.53. The summed E-state index contributed by atoms with van der Waals surface area (Å²) < 4.78 is 34.1. The maximum absolute atomic E-state index is 8.52. The van der Waals surface area contributed by atoms with E-state index in [1.54, 1.807) is 0 Å². The van der Waals surface area contributed by atoms with Crippen LogP contribution in [0.25, 0.3) is 0 Å². The molecule has 0 unspecified atom stereocenters. The Morgan fingerprint density at radius 2 is 0.885 bits per heavy atom. The van der Waals surface area contributed by atoms with E-state index in [1.807, 2.05) is 0 Å². The van der Waals surface area contributed by atoms with Crippen molar-refractivity contribution in [2.24, 2.45) is 0 Å². The van der Waals surface area contributed by atoms with Gasteiger partial charge >= 0.3 is 17.1 Å². The largest absolute Gasteiger partial charge is 2.00 e. The fraction of sp³-hybridized carbons (Fsp3) is 1.00. The number of hydrogen-bond acceptors (Lipinski definition) is 10. The summed E-state index contributed by atoms with van der Waals surface area (Å²) in [5, 5.41) is 42.5. The summed E-state index contributed by atoms with van der Waals surface area (Å²) in [5.74, 6) is 0. The van der Waals surface area contributed by atoms with E-state index in [9.17, 15) is 0 Å². The van der Waals surface area contributed by atoms with Crippen LogP contribution >= 0.6 is 0 Å². The smallest absolute Gasteiger partial charge is 0.759 e. The molecular weight excluding hydrogens is 424 g/mol. The van der Waals surface area contributed by atoms with Crippen molar-refractivity contribution in [1.29, 1.82) is 0 Å². The monoisotopic (exact) mass is 457 g/mol. The summed E-state index contributed by atoms with van der Waals surface area (Å²) in [6.45, 7) is 7.53. The van der Waals surface area contributed by atoms with Crippen LogP contribution in [-0.4, -0.2) is 117 Å². The number of aliphatic hydroxyl groups is 2. The average molecular weight is 458 g/mol. The van der Waals surface area contributed by atoms with Crippen molar-refractivity contribution in [1.82, 2.24) is 21.3 Å². The van der Waals surface area contributed by atoms with Gasteiger partial charge in [0.1, 0.15) is 0 Å². The zero-order chi connectivity index (χ0) is 19.8. The van der Waals surface area contributed by atoms with Crippen molar-refractivity contribution < 1.29 is 55.0 Å². The first-order chi connectivity index (χ1) is 11.8. The zero-order valence-corrected chi connectivity index (χ0v) is 16.5. The summed E-state index contributed by atoms with van der Waals surface area (Å²) in [4.78, 5) is 0. The summed E-state index contributed by atoms with van der Waals surface area (Å²) in [6.07, 6.45) is 0. The molecule has 0 aliphatic rings. The fourth-order valence-electron chi connectivity index (χ4n) is 1.19. The van der Waals surface area contributed by atoms with E-state index in [1.165, 1.54) is 0 Å². The van der Waals surface area contributed by atoms with Gasteiger partial charge in [-0.15, -0.1) is 0 Å². The van der Waals surface area contributed by atoms with Gasteiger partial charge in [0.05, 0.1) is 26.3 Å². The van der Waals surface area contributed by atoms with Gasteiger partial charge in [0.2, 0.25) is 0 Å². The van der Waals surface area contributed by atoms with Crippen molar-refractivity contribution in [2.45, 2.75) is 0 Å². The Kier molecular flexibility index (Phi) is 38.6. The molecule has 0 saturated carbocycles. The van der Waals surface area contributed by atoms with E-state index in [0.717, 1.165) is 39.3 Å². The number of nitrogens with one attached hydrogen (secondary N) is 4. The van der Waals surface area contributed by atoms with Crippen molar-refractivity contribution in [3.05, 3.63) is 0 Å². The van der Waals surface area contributed by atoms with Crippen molar-refractivity contribution in [3.63, 3.8) is 0 Å². The first-order valence-electron chi connectivity index (χ1n) is 7.83. The molecule has 0 rings (SSSR count). The van der Waals surface area contributed by atoms with Crippen molar-refractivity contribution in [3.8, 4) is 0 Å². The van der Waals surface area contributed by atoms with E-state index in [4.69, 9.17) is 37.9 Å². The molecule has 0 fully saturated rings. The summed E-state index contributed by atoms with van der Waals surface area (Å²) >= 11 is 0. The second-order valence-corrected chi connectivity index (χ2v) is 5.17. The molecule has 165 valence electrons. The van der Waals surface area contributed by atoms with E-state index in [2.05, 4.69) is 21.3 Å². The molecule has 0 aromatic carbocycles. The van der Waals surface area contributed by atoms with E-state index in [-0.39, 0.29) is 30.3 Å². The van der Waals surface area contributed by atoms with Crippen LogP contribution in [0, 0.1) is 0 Å². The van der Waals surface area contributed by atoms with Crippen molar-refractivity contribution >= 4 is 10.4 Å². The molecule has 0 aromatic rings. The Bertz CT molecular complexity index is 288. The van der Waals surface area contributed by atoms with Crippen LogP contribution in [-0.2, 0) is 27.5 Å². The maximum Gasteiger partial charge on any atom is 2.00 e. The van der Waals surface area contributed by atoms with Gasteiger partial charge < -0.3 is 50.8 Å². The van der Waals surface area contributed by atoms with Gasteiger partial charge in [0.25, 0.3) is 0 Å².